The van der Waals surface area contributed by atoms with Crippen molar-refractivity contribution in [3.05, 3.63) is 35.9 Å². The lowest BCUT2D eigenvalue weighted by atomic mass is 10.2. The van der Waals surface area contributed by atoms with Gasteiger partial charge in [0.2, 0.25) is 0 Å². The molecule has 104 valence electrons. The molecule has 4 nitrogen and oxygen atoms in total. The van der Waals surface area contributed by atoms with Gasteiger partial charge in [-0.3, -0.25) is 9.59 Å². The van der Waals surface area contributed by atoms with Crippen LogP contribution in [0.25, 0.3) is 0 Å². The summed E-state index contributed by atoms with van der Waals surface area (Å²) in [4.78, 5) is 25.3. The van der Waals surface area contributed by atoms with E-state index in [1.54, 1.807) is 24.0 Å². The van der Waals surface area contributed by atoms with Crippen LogP contribution in [0.4, 0.5) is 0 Å². The van der Waals surface area contributed by atoms with Crippen molar-refractivity contribution in [1.82, 2.24) is 4.90 Å². The predicted octanol–water partition coefficient (Wildman–Crippen LogP) is 2.49. The zero-order chi connectivity index (χ0) is 14.1. The van der Waals surface area contributed by atoms with Crippen molar-refractivity contribution in [2.24, 2.45) is 0 Å². The molecule has 0 heterocycles. The van der Waals surface area contributed by atoms with Crippen LogP contribution in [-0.4, -0.2) is 36.5 Å². The fourth-order valence-corrected chi connectivity index (χ4v) is 1.81. The molecule has 0 aliphatic carbocycles. The molecule has 0 N–H and O–H groups in total. The van der Waals surface area contributed by atoms with Crippen LogP contribution < -0.4 is 0 Å². The Labute approximate surface area is 114 Å². The summed E-state index contributed by atoms with van der Waals surface area (Å²) < 4.78 is 4.88. The highest BCUT2D eigenvalue weighted by Crippen LogP contribution is 2.06. The van der Waals surface area contributed by atoms with E-state index in [-0.39, 0.29) is 18.3 Å². The lowest BCUT2D eigenvalue weighted by Crippen LogP contribution is -2.34. The first-order chi connectivity index (χ1) is 9.19. The molecule has 0 unspecified atom stereocenters. The lowest BCUT2D eigenvalue weighted by Gasteiger charge is -2.21. The van der Waals surface area contributed by atoms with E-state index in [0.29, 0.717) is 25.3 Å². The number of rotatable bonds is 7. The topological polar surface area (TPSA) is 46.6 Å². The molecule has 0 aromatic heterocycles. The number of ether oxygens (including phenoxy) is 1. The first-order valence-electron chi connectivity index (χ1n) is 6.69. The van der Waals surface area contributed by atoms with Gasteiger partial charge in [0, 0.05) is 18.7 Å². The standard InChI is InChI=1S/C15H21NO3/c1-3-11-16(12-10-14(17)19-4-2)15(18)13-8-6-5-7-9-13/h5-9H,3-4,10-12H2,1-2H3. The van der Waals surface area contributed by atoms with Crippen molar-refractivity contribution in [3.63, 3.8) is 0 Å². The smallest absolute Gasteiger partial charge is 0.307 e. The van der Waals surface area contributed by atoms with Gasteiger partial charge in [-0.2, -0.15) is 0 Å². The number of amides is 1. The van der Waals surface area contributed by atoms with E-state index in [1.807, 2.05) is 25.1 Å². The molecule has 1 aromatic rings. The van der Waals surface area contributed by atoms with Crippen LogP contribution in [0.1, 0.15) is 37.0 Å². The molecule has 1 aromatic carbocycles. The third-order valence-electron chi connectivity index (χ3n) is 2.69. The van der Waals surface area contributed by atoms with Crippen LogP contribution in [0.3, 0.4) is 0 Å². The van der Waals surface area contributed by atoms with Crippen LogP contribution in [0.15, 0.2) is 30.3 Å². The second-order valence-corrected chi connectivity index (χ2v) is 4.21. The van der Waals surface area contributed by atoms with Crippen molar-refractivity contribution in [1.29, 1.82) is 0 Å². The van der Waals surface area contributed by atoms with Gasteiger partial charge in [-0.25, -0.2) is 0 Å². The van der Waals surface area contributed by atoms with Gasteiger partial charge in [-0.1, -0.05) is 25.1 Å². The molecular weight excluding hydrogens is 242 g/mol. The highest BCUT2D eigenvalue weighted by atomic mass is 16.5. The Morgan fingerprint density at radius 2 is 1.79 bits per heavy atom. The minimum atomic E-state index is -0.260. The van der Waals surface area contributed by atoms with Crippen molar-refractivity contribution >= 4 is 11.9 Å². The maximum Gasteiger partial charge on any atom is 0.307 e. The molecule has 1 amide bonds. The van der Waals surface area contributed by atoms with E-state index in [4.69, 9.17) is 4.74 Å². The summed E-state index contributed by atoms with van der Waals surface area (Å²) in [6, 6.07) is 9.12. The molecule has 1 rings (SSSR count). The molecule has 0 saturated heterocycles. The van der Waals surface area contributed by atoms with Gasteiger partial charge in [-0.05, 0) is 25.5 Å². The van der Waals surface area contributed by atoms with Crippen LogP contribution >= 0.6 is 0 Å². The maximum atomic E-state index is 12.3. The molecule has 0 radical (unpaired) electrons. The fraction of sp³-hybridized carbons (Fsp3) is 0.467. The lowest BCUT2D eigenvalue weighted by molar-refractivity contribution is -0.143. The second kappa shape index (κ2) is 8.29. The molecule has 0 fully saturated rings. The summed E-state index contributed by atoms with van der Waals surface area (Å²) in [5.41, 5.74) is 0.653. The van der Waals surface area contributed by atoms with Crippen LogP contribution in [0, 0.1) is 0 Å². The molecule has 0 saturated carbocycles. The second-order valence-electron chi connectivity index (χ2n) is 4.21. The van der Waals surface area contributed by atoms with E-state index in [0.717, 1.165) is 6.42 Å². The molecule has 0 aliphatic heterocycles. The average Bonchev–Trinajstić information content (AvgIpc) is 2.44. The van der Waals surface area contributed by atoms with Gasteiger partial charge in [0.15, 0.2) is 0 Å². The van der Waals surface area contributed by atoms with Crippen molar-refractivity contribution < 1.29 is 14.3 Å². The van der Waals surface area contributed by atoms with E-state index in [9.17, 15) is 9.59 Å². The highest BCUT2D eigenvalue weighted by Gasteiger charge is 2.16. The Morgan fingerprint density at radius 3 is 2.37 bits per heavy atom. The number of benzene rings is 1. The molecular formula is C15H21NO3. The summed E-state index contributed by atoms with van der Waals surface area (Å²) >= 11 is 0. The number of carbonyl (C=O) groups excluding carboxylic acids is 2. The van der Waals surface area contributed by atoms with Crippen molar-refractivity contribution in [2.75, 3.05) is 19.7 Å². The van der Waals surface area contributed by atoms with Gasteiger partial charge in [0.05, 0.1) is 13.0 Å². The highest BCUT2D eigenvalue weighted by molar-refractivity contribution is 5.94. The van der Waals surface area contributed by atoms with E-state index in [1.165, 1.54) is 0 Å². The molecule has 19 heavy (non-hydrogen) atoms. The van der Waals surface area contributed by atoms with Crippen LogP contribution in [0.5, 0.6) is 0 Å². The summed E-state index contributed by atoms with van der Waals surface area (Å²) in [5.74, 6) is -0.295. The largest absolute Gasteiger partial charge is 0.466 e. The molecule has 0 spiro atoms. The van der Waals surface area contributed by atoms with Crippen molar-refractivity contribution in [2.45, 2.75) is 26.7 Å². The minimum Gasteiger partial charge on any atom is -0.466 e. The van der Waals surface area contributed by atoms with Gasteiger partial charge >= 0.3 is 5.97 Å². The van der Waals surface area contributed by atoms with E-state index >= 15 is 0 Å². The summed E-state index contributed by atoms with van der Waals surface area (Å²) in [6.07, 6.45) is 1.10. The van der Waals surface area contributed by atoms with Gasteiger partial charge in [0.25, 0.3) is 5.91 Å². The number of hydrogen-bond donors (Lipinski definition) is 0. The van der Waals surface area contributed by atoms with E-state index < -0.39 is 0 Å². The summed E-state index contributed by atoms with van der Waals surface area (Å²) in [7, 11) is 0. The number of nitrogens with zero attached hydrogens (tertiary/aromatic N) is 1. The SMILES string of the molecule is CCCN(CCC(=O)OCC)C(=O)c1ccccc1. The molecule has 4 heteroatoms. The zero-order valence-electron chi connectivity index (χ0n) is 11.6. The Kier molecular flexibility index (Phi) is 6.64. The molecule has 0 aliphatic rings. The van der Waals surface area contributed by atoms with Gasteiger partial charge in [-0.15, -0.1) is 0 Å². The average molecular weight is 263 g/mol. The maximum absolute atomic E-state index is 12.3. The van der Waals surface area contributed by atoms with Crippen LogP contribution in [0.2, 0.25) is 0 Å². The third-order valence-corrected chi connectivity index (χ3v) is 2.69. The van der Waals surface area contributed by atoms with Gasteiger partial charge in [0.1, 0.15) is 0 Å². The molecule has 0 bridgehead atoms. The minimum absolute atomic E-state index is 0.0354. The normalized spacial score (nSPS) is 10.0. The zero-order valence-corrected chi connectivity index (χ0v) is 11.6. The monoisotopic (exact) mass is 263 g/mol. The fourth-order valence-electron chi connectivity index (χ4n) is 1.81. The Morgan fingerprint density at radius 1 is 1.11 bits per heavy atom. The Hall–Kier alpha value is -1.84. The van der Waals surface area contributed by atoms with Gasteiger partial charge < -0.3 is 9.64 Å². The Balaban J connectivity index is 2.61. The Bertz CT molecular complexity index is 403. The predicted molar refractivity (Wildman–Crippen MR) is 73.9 cm³/mol. The van der Waals surface area contributed by atoms with Crippen LogP contribution in [-0.2, 0) is 9.53 Å². The number of esters is 1. The quantitative estimate of drug-likeness (QED) is 0.710. The number of hydrogen-bond acceptors (Lipinski definition) is 3. The van der Waals surface area contributed by atoms with E-state index in [2.05, 4.69) is 0 Å². The summed E-state index contributed by atoms with van der Waals surface area (Å²) in [5, 5.41) is 0. The first kappa shape index (κ1) is 15.2. The first-order valence-corrected chi connectivity index (χ1v) is 6.69. The third kappa shape index (κ3) is 5.12. The number of carbonyl (C=O) groups is 2. The molecule has 0 atom stereocenters. The summed E-state index contributed by atoms with van der Waals surface area (Å²) in [6.45, 7) is 5.21. The van der Waals surface area contributed by atoms with Crippen molar-refractivity contribution in [3.8, 4) is 0 Å².